The molecule has 6 nitrogen and oxygen atoms in total. The molecule has 2 aliphatic heterocycles. The highest BCUT2D eigenvalue weighted by molar-refractivity contribution is 5.94. The summed E-state index contributed by atoms with van der Waals surface area (Å²) in [5.74, 6) is 1.68. The molecule has 0 radical (unpaired) electrons. The van der Waals surface area contributed by atoms with Gasteiger partial charge in [-0.15, -0.1) is 0 Å². The molecule has 0 bridgehead atoms. The summed E-state index contributed by atoms with van der Waals surface area (Å²) in [4.78, 5) is 9.14. The molecule has 1 aromatic rings. The van der Waals surface area contributed by atoms with E-state index in [4.69, 9.17) is 4.74 Å². The molecule has 124 valence electrons. The number of rotatable bonds is 5. The summed E-state index contributed by atoms with van der Waals surface area (Å²) in [7, 11) is 2.17. The van der Waals surface area contributed by atoms with Crippen molar-refractivity contribution >= 4 is 11.6 Å². The van der Waals surface area contributed by atoms with Crippen molar-refractivity contribution in [1.29, 1.82) is 0 Å². The molecule has 0 aromatic heterocycles. The van der Waals surface area contributed by atoms with Gasteiger partial charge in [0, 0.05) is 44.6 Å². The third kappa shape index (κ3) is 4.97. The number of anilines is 1. The van der Waals surface area contributed by atoms with Crippen LogP contribution in [0.15, 0.2) is 41.5 Å². The van der Waals surface area contributed by atoms with Crippen LogP contribution in [0.25, 0.3) is 0 Å². The molecule has 2 N–H and O–H groups in total. The molecular formula is C17H25N5O. The Balaban J connectivity index is 1.40. The number of hydrogen-bond acceptors (Lipinski definition) is 6. The second kappa shape index (κ2) is 7.99. The van der Waals surface area contributed by atoms with Gasteiger partial charge in [-0.1, -0.05) is 0 Å². The first-order valence-electron chi connectivity index (χ1n) is 8.16. The highest BCUT2D eigenvalue weighted by atomic mass is 16.5. The van der Waals surface area contributed by atoms with Crippen molar-refractivity contribution in [2.24, 2.45) is 4.99 Å². The topological polar surface area (TPSA) is 52.1 Å². The van der Waals surface area contributed by atoms with Gasteiger partial charge in [-0.3, -0.25) is 4.90 Å². The van der Waals surface area contributed by atoms with Gasteiger partial charge in [0.15, 0.2) is 5.96 Å². The average Bonchev–Trinajstić information content (AvgIpc) is 2.59. The van der Waals surface area contributed by atoms with Crippen LogP contribution in [0.5, 0.6) is 5.75 Å². The summed E-state index contributed by atoms with van der Waals surface area (Å²) >= 11 is 0. The van der Waals surface area contributed by atoms with Gasteiger partial charge in [-0.05, 0) is 37.4 Å². The van der Waals surface area contributed by atoms with E-state index >= 15 is 0 Å². The number of guanidine groups is 1. The van der Waals surface area contributed by atoms with Crippen molar-refractivity contribution in [2.75, 3.05) is 58.2 Å². The highest BCUT2D eigenvalue weighted by Crippen LogP contribution is 2.16. The standard InChI is InChI=1S/C17H25N5O/c1-21-9-11-22(12-10-21)13-14-23-16-5-3-15(4-6-16)20-17-18-7-2-8-19-17/h2-7H,8-14H2,1H3,(H2,18,19,20). The van der Waals surface area contributed by atoms with Gasteiger partial charge in [0.25, 0.3) is 0 Å². The second-order valence-corrected chi connectivity index (χ2v) is 5.88. The molecule has 1 fully saturated rings. The fourth-order valence-electron chi connectivity index (χ4n) is 2.59. The molecular weight excluding hydrogens is 290 g/mol. The SMILES string of the molecule is CN1CCN(CCOc2ccc(NC3=NCC=CN3)cc2)CC1. The predicted molar refractivity (Wildman–Crippen MR) is 94.1 cm³/mol. The quantitative estimate of drug-likeness (QED) is 0.855. The van der Waals surface area contributed by atoms with E-state index < -0.39 is 0 Å². The van der Waals surface area contributed by atoms with Gasteiger partial charge in [0.05, 0.1) is 6.54 Å². The minimum absolute atomic E-state index is 0.711. The van der Waals surface area contributed by atoms with E-state index in [9.17, 15) is 0 Å². The van der Waals surface area contributed by atoms with E-state index in [1.807, 2.05) is 36.5 Å². The maximum atomic E-state index is 5.84. The highest BCUT2D eigenvalue weighted by Gasteiger charge is 2.13. The van der Waals surface area contributed by atoms with E-state index in [0.717, 1.165) is 56.7 Å². The summed E-state index contributed by atoms with van der Waals surface area (Å²) in [6.07, 6.45) is 3.87. The smallest absolute Gasteiger partial charge is 0.200 e. The molecule has 1 aromatic carbocycles. The monoisotopic (exact) mass is 315 g/mol. The van der Waals surface area contributed by atoms with E-state index in [0.29, 0.717) is 6.54 Å². The van der Waals surface area contributed by atoms with Gasteiger partial charge in [-0.25, -0.2) is 4.99 Å². The molecule has 3 rings (SSSR count). The van der Waals surface area contributed by atoms with Gasteiger partial charge in [0.1, 0.15) is 12.4 Å². The van der Waals surface area contributed by atoms with Crippen molar-refractivity contribution in [3.8, 4) is 5.75 Å². The lowest BCUT2D eigenvalue weighted by Crippen LogP contribution is -2.45. The first kappa shape index (κ1) is 15.8. The molecule has 0 atom stereocenters. The Bertz CT molecular complexity index is 547. The van der Waals surface area contributed by atoms with Gasteiger partial charge >= 0.3 is 0 Å². The normalized spacial score (nSPS) is 19.1. The Morgan fingerprint density at radius 2 is 1.96 bits per heavy atom. The summed E-state index contributed by atoms with van der Waals surface area (Å²) < 4.78 is 5.84. The van der Waals surface area contributed by atoms with Crippen LogP contribution in [0.1, 0.15) is 0 Å². The van der Waals surface area contributed by atoms with Crippen LogP contribution in [0.2, 0.25) is 0 Å². The Hall–Kier alpha value is -2.05. The van der Waals surface area contributed by atoms with Gasteiger partial charge in [-0.2, -0.15) is 0 Å². The minimum Gasteiger partial charge on any atom is -0.492 e. The van der Waals surface area contributed by atoms with Crippen LogP contribution in [0.3, 0.4) is 0 Å². The lowest BCUT2D eigenvalue weighted by Gasteiger charge is -2.32. The predicted octanol–water partition coefficient (Wildman–Crippen LogP) is 1.20. The number of piperazine rings is 1. The molecule has 0 saturated carbocycles. The van der Waals surface area contributed by atoms with E-state index in [1.54, 1.807) is 0 Å². The molecule has 2 aliphatic rings. The Morgan fingerprint density at radius 1 is 1.17 bits per heavy atom. The maximum Gasteiger partial charge on any atom is 0.200 e. The fraction of sp³-hybridized carbons (Fsp3) is 0.471. The van der Waals surface area contributed by atoms with Crippen molar-refractivity contribution < 1.29 is 4.74 Å². The Labute approximate surface area is 137 Å². The molecule has 6 heteroatoms. The van der Waals surface area contributed by atoms with Crippen LogP contribution < -0.4 is 15.4 Å². The number of hydrogen-bond donors (Lipinski definition) is 2. The zero-order valence-corrected chi connectivity index (χ0v) is 13.7. The summed E-state index contributed by atoms with van der Waals surface area (Å²) in [6, 6.07) is 8.00. The minimum atomic E-state index is 0.711. The zero-order chi connectivity index (χ0) is 15.9. The van der Waals surface area contributed by atoms with Crippen LogP contribution in [-0.2, 0) is 0 Å². The third-order valence-corrected chi connectivity index (χ3v) is 4.08. The molecule has 0 unspecified atom stereocenters. The molecule has 0 aliphatic carbocycles. The third-order valence-electron chi connectivity index (χ3n) is 4.08. The van der Waals surface area contributed by atoms with E-state index in [2.05, 4.69) is 32.5 Å². The van der Waals surface area contributed by atoms with Crippen LogP contribution >= 0.6 is 0 Å². The maximum absolute atomic E-state index is 5.84. The van der Waals surface area contributed by atoms with Crippen LogP contribution in [-0.4, -0.2) is 68.7 Å². The molecule has 2 heterocycles. The second-order valence-electron chi connectivity index (χ2n) is 5.88. The average molecular weight is 315 g/mol. The van der Waals surface area contributed by atoms with Crippen molar-refractivity contribution in [3.05, 3.63) is 36.5 Å². The number of nitrogens with zero attached hydrogens (tertiary/aromatic N) is 3. The summed E-state index contributed by atoms with van der Waals surface area (Å²) in [5.41, 5.74) is 0.998. The molecule has 1 saturated heterocycles. The number of nitrogens with one attached hydrogen (secondary N) is 2. The number of aliphatic imine (C=N–C) groups is 1. The molecule has 23 heavy (non-hydrogen) atoms. The van der Waals surface area contributed by atoms with E-state index in [1.165, 1.54) is 0 Å². The summed E-state index contributed by atoms with van der Waals surface area (Å²) in [5, 5.41) is 6.31. The van der Waals surface area contributed by atoms with Crippen LogP contribution in [0, 0.1) is 0 Å². The van der Waals surface area contributed by atoms with Crippen molar-refractivity contribution in [2.45, 2.75) is 0 Å². The van der Waals surface area contributed by atoms with Crippen molar-refractivity contribution in [1.82, 2.24) is 15.1 Å². The van der Waals surface area contributed by atoms with Crippen LogP contribution in [0.4, 0.5) is 5.69 Å². The van der Waals surface area contributed by atoms with Gasteiger partial charge < -0.3 is 20.3 Å². The fourth-order valence-corrected chi connectivity index (χ4v) is 2.59. The first-order valence-corrected chi connectivity index (χ1v) is 8.16. The zero-order valence-electron chi connectivity index (χ0n) is 13.7. The Morgan fingerprint density at radius 3 is 2.65 bits per heavy atom. The number of ether oxygens (including phenoxy) is 1. The lowest BCUT2D eigenvalue weighted by atomic mass is 10.3. The van der Waals surface area contributed by atoms with Crippen molar-refractivity contribution in [3.63, 3.8) is 0 Å². The van der Waals surface area contributed by atoms with E-state index in [-0.39, 0.29) is 0 Å². The van der Waals surface area contributed by atoms with Gasteiger partial charge in [0.2, 0.25) is 0 Å². The lowest BCUT2D eigenvalue weighted by molar-refractivity contribution is 0.134. The summed E-state index contributed by atoms with van der Waals surface area (Å²) in [6.45, 7) is 6.98. The first-order chi connectivity index (χ1) is 11.3. The largest absolute Gasteiger partial charge is 0.492 e. The number of likely N-dealkylation sites (N-methyl/N-ethyl adjacent to an activating group) is 1. The number of benzene rings is 1. The molecule has 0 spiro atoms. The Kier molecular flexibility index (Phi) is 5.50. The molecule has 0 amide bonds.